The maximum Gasteiger partial charge on any atom is 0.0834 e. The van der Waals surface area contributed by atoms with Crippen molar-refractivity contribution < 1.29 is 87.9 Å². The molecule has 0 fully saturated rings. The molecule has 0 aliphatic carbocycles. The number of rotatable bonds is 12. The van der Waals surface area contributed by atoms with E-state index in [0.717, 1.165) is 73.8 Å². The van der Waals surface area contributed by atoms with Crippen molar-refractivity contribution in [3.63, 3.8) is 0 Å². The van der Waals surface area contributed by atoms with Gasteiger partial charge in [0.15, 0.2) is 0 Å². The van der Waals surface area contributed by atoms with E-state index in [4.69, 9.17) is 0 Å². The van der Waals surface area contributed by atoms with Crippen molar-refractivity contribution in [2.24, 2.45) is 10.2 Å². The third-order valence-corrected chi connectivity index (χ3v) is 26.5. The fourth-order valence-electron chi connectivity index (χ4n) is 19.0. The normalized spacial score (nSPS) is 14.4. The van der Waals surface area contributed by atoms with Crippen molar-refractivity contribution in [2.45, 2.75) is 41.5 Å². The maximum absolute atomic E-state index is 15.0. The van der Waals surface area contributed by atoms with Gasteiger partial charge in [-0.1, -0.05) is 207 Å². The molecule has 17 aromatic carbocycles. The average Bonchev–Trinajstić information content (AvgIpc) is 1.60. The third kappa shape index (κ3) is 18.9. The Morgan fingerprint density at radius 3 is 0.972 bits per heavy atom. The van der Waals surface area contributed by atoms with Crippen LogP contribution < -0.4 is 78.6 Å². The second-order valence-electron chi connectivity index (χ2n) is 35.9. The minimum atomic E-state index is -0.760. The molecule has 0 unspecified atom stereocenters. The molecule has 0 bridgehead atoms. The van der Waals surface area contributed by atoms with Gasteiger partial charge in [-0.3, -0.25) is 8.78 Å². The number of nitrogens with zero attached hydrogens (tertiary/aromatic N) is 18. The van der Waals surface area contributed by atoms with Gasteiger partial charge in [0.05, 0.1) is 12.7 Å². The molecule has 0 amide bonds. The number of benzene rings is 17. The summed E-state index contributed by atoms with van der Waals surface area (Å²) in [5.74, 6) is -1.52. The van der Waals surface area contributed by atoms with Crippen LogP contribution in [0.4, 0.5) is 134 Å². The van der Waals surface area contributed by atoms with Gasteiger partial charge in [-0.2, -0.15) is 67.4 Å². The van der Waals surface area contributed by atoms with Crippen LogP contribution in [0, 0.1) is 131 Å². The van der Waals surface area contributed by atoms with Crippen LogP contribution in [0.25, 0.3) is 54.6 Å². The van der Waals surface area contributed by atoms with E-state index in [2.05, 4.69) is 417 Å². The van der Waals surface area contributed by atoms with Crippen LogP contribution in [0.3, 0.4) is 0 Å². The fourth-order valence-corrected chi connectivity index (χ4v) is 19.0. The van der Waals surface area contributed by atoms with E-state index >= 15 is 0 Å². The number of hydrogen-bond acceptors (Lipinski definition) is 18. The zero-order valence-electron chi connectivity index (χ0n) is 80.0. The first kappa shape index (κ1) is 98.3. The Bertz CT molecular complexity index is 7390. The van der Waals surface area contributed by atoms with E-state index in [0.29, 0.717) is 0 Å². The summed E-state index contributed by atoms with van der Waals surface area (Å²) >= 11 is 0. The molecule has 24 heteroatoms. The molecule has 0 saturated carbocycles. The summed E-state index contributed by atoms with van der Waals surface area (Å²) in [5.41, 5.74) is 34.2. The van der Waals surface area contributed by atoms with Crippen molar-refractivity contribution in [1.29, 1.82) is 0 Å². The largest absolute Gasteiger partial charge is 0.504 e. The van der Waals surface area contributed by atoms with Gasteiger partial charge in [-0.05, 0) is 232 Å². The van der Waals surface area contributed by atoms with Gasteiger partial charge >= 0.3 is 0 Å². The summed E-state index contributed by atoms with van der Waals surface area (Å²) in [5, 5.41) is 19.5. The summed E-state index contributed by atoms with van der Waals surface area (Å²) in [4.78, 5) is 29.4. The van der Waals surface area contributed by atoms with Crippen LogP contribution in [0.2, 0.25) is 0 Å². The average molecular weight is 2570 g/mol. The zero-order chi connectivity index (χ0) is 94.4. The zero-order valence-corrected chi connectivity index (χ0v) is 90.2. The topological polar surface area (TPSA) is 76.6 Å². The molecule has 17 aromatic rings. The maximum atomic E-state index is 15.0. The van der Waals surface area contributed by atoms with Crippen LogP contribution in [0.1, 0.15) is 33.4 Å². The van der Waals surface area contributed by atoms with E-state index < -0.39 is 11.6 Å². The van der Waals surface area contributed by atoms with Crippen LogP contribution in [-0.2, 0) is 79.2 Å². The molecule has 25 rings (SSSR count). The number of para-hydroxylation sites is 2. The summed E-state index contributed by atoms with van der Waals surface area (Å²) in [6.45, 7) is 29.1. The Morgan fingerprint density at radius 1 is 0.239 bits per heavy atom. The molecular weight excluding hydrogens is 2470 g/mol. The van der Waals surface area contributed by atoms with Gasteiger partial charge in [0, 0.05) is 176 Å². The minimum Gasteiger partial charge on any atom is -0.504 e. The summed E-state index contributed by atoms with van der Waals surface area (Å²) in [6.07, 6.45) is 2.92. The van der Waals surface area contributed by atoms with Gasteiger partial charge in [0.1, 0.15) is 0 Å². The second kappa shape index (κ2) is 41.0. The Balaban J connectivity index is 0.000000125. The number of halogens is 2. The Morgan fingerprint density at radius 2 is 0.549 bits per heavy atom. The second-order valence-corrected chi connectivity index (χ2v) is 35.9. The number of anilines is 22. The Hall–Kier alpha value is -13.9. The van der Waals surface area contributed by atoms with Crippen LogP contribution in [0.15, 0.2) is 326 Å². The molecule has 8 aliphatic rings. The summed E-state index contributed by atoms with van der Waals surface area (Å²) in [6, 6.07) is 122. The standard InChI is InChI=1S/C34H23F2N6.2C29H27N4.C26H21N4.4Os/c35-31-19-32(36)34(40-22-38-42(24-40)30-17-13-28(14-18-30)26-9-5-2-6-10-26)20-33(31)39-21-37-41(23-39)29-15-11-27(12-16-29)25-7-3-1-4-8-25;1-19-10-24(32-17-30(4)26-12-20(2)21(3)13-28(26)32)16-25(11-19)33-18-31(5)27-14-22-8-6-7-9-23(22)15-29(27)33;1-19-12-23(32-18-31(5)29-25-9-7-6-8-22(25)10-11-26(29)32)16-24(13-19)33-17-30(4)27-14-20(2)21(3)15-28(27)33;1-27-17-29(24-13-6-5-12-23(24)27)21-10-7-11-22(16-21)30-18-28(2)25-14-19-8-3-4-9-20(19)15-26(25)30;;;;/h1-19,21-24H;2*6-15,17-18H,1-5H3;3-15,17-18H,1-2H3;;;;/q4*-3;;;;. The van der Waals surface area contributed by atoms with Crippen molar-refractivity contribution in [1.82, 2.24) is 0 Å². The number of aryl methyl sites for hydroxylation is 6. The van der Waals surface area contributed by atoms with Crippen molar-refractivity contribution in [3.05, 3.63) is 438 Å². The molecule has 8 heterocycles. The number of hydrazone groups is 2. The molecule has 0 N–H and O–H groups in total. The first-order valence-electron chi connectivity index (χ1n) is 46.0. The predicted octanol–water partition coefficient (Wildman–Crippen LogP) is 27.9. The predicted molar refractivity (Wildman–Crippen MR) is 569 cm³/mol. The number of fused-ring (bicyclic) bond motifs is 10. The van der Waals surface area contributed by atoms with Gasteiger partial charge in [0.2, 0.25) is 0 Å². The SMILES string of the molecule is CN1[CH-]N(c2[c-]c(N3[CH-]N(C)c4cc5ccccc5cc43)ccc2)c2ccccc21.Cc1cc(N2[CH-]N(C)c3cc(C)c(C)cc32)[c-]c(N2[CH-]N(C)c3c2ccc2ccccc32)c1.Cc1cc(N2[CH-]N(C)c3cc(C)c(C)cc32)[c-]c(N2[CH-]N(C)c3cc4ccccc4cc32)c1.Fc1cc(F)c(N2C=NN(c3ccc(-c4ccccc4)cc3)[CH-]2)[c-]c1N1C=NN(c2ccc(-c3ccccc3)cc2)[CH-]1.[Os].[Os].[Os].[Os]. The van der Waals surface area contributed by atoms with Gasteiger partial charge < -0.3 is 78.6 Å². The van der Waals surface area contributed by atoms with Gasteiger partial charge in [0.25, 0.3) is 0 Å². The molecule has 718 valence electrons. The monoisotopic (exact) mass is 2570 g/mol. The van der Waals surface area contributed by atoms with Crippen molar-refractivity contribution in [2.75, 3.05) is 121 Å². The fraction of sp³-hybridized carbons (Fsp3) is 0.102. The molecule has 0 spiro atoms. The molecule has 0 radical (unpaired) electrons. The van der Waals surface area contributed by atoms with Gasteiger partial charge in [-0.25, -0.2) is 0 Å². The van der Waals surface area contributed by atoms with E-state index in [1.165, 1.54) is 156 Å². The van der Waals surface area contributed by atoms with E-state index in [1.54, 1.807) is 23.4 Å². The molecule has 0 saturated heterocycles. The smallest absolute Gasteiger partial charge is 0.0834 e. The van der Waals surface area contributed by atoms with Crippen molar-refractivity contribution >= 4 is 170 Å². The third-order valence-electron chi connectivity index (χ3n) is 26.5. The Kier molecular flexibility index (Phi) is 28.3. The quantitative estimate of drug-likeness (QED) is 0.109. The van der Waals surface area contributed by atoms with Crippen LogP contribution in [0.5, 0.6) is 0 Å². The van der Waals surface area contributed by atoms with E-state index in [9.17, 15) is 8.78 Å². The molecule has 0 atom stereocenters. The van der Waals surface area contributed by atoms with Crippen LogP contribution >= 0.6 is 0 Å². The molecule has 142 heavy (non-hydrogen) atoms. The Labute approximate surface area is 883 Å². The minimum absolute atomic E-state index is 0. The molecular formula is C118H98F2N18Os4-12. The summed E-state index contributed by atoms with van der Waals surface area (Å²) in [7, 11) is 12.6. The van der Waals surface area contributed by atoms with Gasteiger partial charge in [-0.15, -0.1) is 108 Å². The summed E-state index contributed by atoms with van der Waals surface area (Å²) < 4.78 is 29.9. The van der Waals surface area contributed by atoms with Crippen molar-refractivity contribution in [3.8, 4) is 22.3 Å². The number of hydrogen-bond donors (Lipinski definition) is 0. The molecule has 8 aliphatic heterocycles. The van der Waals surface area contributed by atoms with E-state index in [-0.39, 0.29) is 90.5 Å². The van der Waals surface area contributed by atoms with E-state index in [1.807, 2.05) is 109 Å². The first-order chi connectivity index (χ1) is 67.1. The van der Waals surface area contributed by atoms with Crippen LogP contribution in [-0.4, -0.2) is 55.0 Å². The molecule has 0 aromatic heterocycles. The molecule has 18 nitrogen and oxygen atoms in total. The first-order valence-corrected chi connectivity index (χ1v) is 46.0.